The first-order valence-corrected chi connectivity index (χ1v) is 7.36. The normalized spacial score (nSPS) is 12.5. The molecule has 2 rings (SSSR count). The zero-order valence-electron chi connectivity index (χ0n) is 14.0. The van der Waals surface area contributed by atoms with Crippen molar-refractivity contribution in [1.29, 1.82) is 0 Å². The van der Waals surface area contributed by atoms with Crippen molar-refractivity contribution in [2.45, 2.75) is 32.4 Å². The Morgan fingerprint density at radius 2 is 1.83 bits per heavy atom. The van der Waals surface area contributed by atoms with Gasteiger partial charge in [-0.2, -0.15) is 0 Å². The predicted octanol–water partition coefficient (Wildman–Crippen LogP) is 2.47. The maximum absolute atomic E-state index is 12.1. The molecule has 0 saturated carbocycles. The number of oxazole rings is 1. The number of ether oxygens (including phenoxy) is 2. The second-order valence-corrected chi connectivity index (χ2v) is 6.10. The fraction of sp³-hybridized carbons (Fsp3) is 0.353. The lowest BCUT2D eigenvalue weighted by molar-refractivity contribution is -0.157. The van der Waals surface area contributed by atoms with Crippen LogP contribution >= 0.6 is 0 Å². The molecule has 0 bridgehead atoms. The van der Waals surface area contributed by atoms with Gasteiger partial charge in [0, 0.05) is 5.56 Å². The van der Waals surface area contributed by atoms with Crippen molar-refractivity contribution in [3.8, 4) is 11.3 Å². The molecule has 1 aromatic heterocycles. The topological polar surface area (TPSA) is 105 Å². The highest BCUT2D eigenvalue weighted by Gasteiger charge is 2.31. The van der Waals surface area contributed by atoms with Crippen molar-refractivity contribution in [1.82, 2.24) is 4.98 Å². The van der Waals surface area contributed by atoms with Gasteiger partial charge in [-0.25, -0.2) is 14.6 Å². The molecule has 128 valence electrons. The number of esters is 2. The molecule has 2 aromatic rings. The molecule has 24 heavy (non-hydrogen) atoms. The van der Waals surface area contributed by atoms with Crippen molar-refractivity contribution < 1.29 is 23.5 Å². The SMILES string of the molecule is COC(=O)c1nc(C(N)C(=O)OC(C)(C)C)oc1-c1ccccc1. The molecule has 0 spiro atoms. The predicted molar refractivity (Wildman–Crippen MR) is 86.1 cm³/mol. The zero-order chi connectivity index (χ0) is 17.9. The van der Waals surface area contributed by atoms with E-state index in [0.29, 0.717) is 5.56 Å². The molecule has 7 nitrogen and oxygen atoms in total. The number of methoxy groups -OCH3 is 1. The molecule has 0 fully saturated rings. The highest BCUT2D eigenvalue weighted by atomic mass is 16.6. The summed E-state index contributed by atoms with van der Waals surface area (Å²) < 4.78 is 15.5. The summed E-state index contributed by atoms with van der Waals surface area (Å²) in [4.78, 5) is 28.1. The van der Waals surface area contributed by atoms with Crippen LogP contribution in [-0.4, -0.2) is 29.6 Å². The van der Waals surface area contributed by atoms with Crippen LogP contribution in [0.3, 0.4) is 0 Å². The minimum Gasteiger partial charge on any atom is -0.464 e. The maximum Gasteiger partial charge on any atom is 0.360 e. The maximum atomic E-state index is 12.1. The van der Waals surface area contributed by atoms with E-state index in [0.717, 1.165) is 0 Å². The lowest BCUT2D eigenvalue weighted by Gasteiger charge is -2.20. The lowest BCUT2D eigenvalue weighted by atomic mass is 10.1. The molecule has 1 heterocycles. The van der Waals surface area contributed by atoms with Gasteiger partial charge in [0.2, 0.25) is 5.89 Å². The molecule has 0 aliphatic rings. The van der Waals surface area contributed by atoms with Crippen molar-refractivity contribution >= 4 is 11.9 Å². The van der Waals surface area contributed by atoms with Crippen molar-refractivity contribution in [2.75, 3.05) is 7.11 Å². The van der Waals surface area contributed by atoms with E-state index in [-0.39, 0.29) is 17.3 Å². The van der Waals surface area contributed by atoms with Gasteiger partial charge in [-0.15, -0.1) is 0 Å². The van der Waals surface area contributed by atoms with Crippen LogP contribution < -0.4 is 5.73 Å². The molecule has 0 aliphatic carbocycles. The molecule has 0 amide bonds. The van der Waals surface area contributed by atoms with Crippen LogP contribution in [0.4, 0.5) is 0 Å². The monoisotopic (exact) mass is 332 g/mol. The van der Waals surface area contributed by atoms with Gasteiger partial charge in [0.1, 0.15) is 5.60 Å². The minimum atomic E-state index is -1.25. The Morgan fingerprint density at radius 3 is 2.38 bits per heavy atom. The number of carbonyl (C=O) groups is 2. The second kappa shape index (κ2) is 6.84. The summed E-state index contributed by atoms with van der Waals surface area (Å²) >= 11 is 0. The van der Waals surface area contributed by atoms with Gasteiger partial charge in [-0.3, -0.25) is 0 Å². The van der Waals surface area contributed by atoms with Gasteiger partial charge >= 0.3 is 11.9 Å². The zero-order valence-corrected chi connectivity index (χ0v) is 14.0. The highest BCUT2D eigenvalue weighted by Crippen LogP contribution is 2.28. The Labute approximate surface area is 139 Å². The van der Waals surface area contributed by atoms with E-state index in [9.17, 15) is 9.59 Å². The molecule has 1 unspecified atom stereocenters. The molecular weight excluding hydrogens is 312 g/mol. The number of carbonyl (C=O) groups excluding carboxylic acids is 2. The van der Waals surface area contributed by atoms with E-state index in [1.165, 1.54) is 7.11 Å². The first-order valence-electron chi connectivity index (χ1n) is 7.36. The molecule has 0 aliphatic heterocycles. The number of benzene rings is 1. The van der Waals surface area contributed by atoms with Crippen LogP contribution in [0.5, 0.6) is 0 Å². The summed E-state index contributed by atoms with van der Waals surface area (Å²) in [6.45, 7) is 5.17. The average molecular weight is 332 g/mol. The van der Waals surface area contributed by atoms with Gasteiger partial charge in [0.25, 0.3) is 0 Å². The van der Waals surface area contributed by atoms with E-state index >= 15 is 0 Å². The summed E-state index contributed by atoms with van der Waals surface area (Å²) in [5.74, 6) is -1.29. The molecule has 0 saturated heterocycles. The number of aromatic nitrogens is 1. The van der Waals surface area contributed by atoms with E-state index in [1.807, 2.05) is 6.07 Å². The number of rotatable bonds is 4. The fourth-order valence-corrected chi connectivity index (χ4v) is 1.96. The fourth-order valence-electron chi connectivity index (χ4n) is 1.96. The number of nitrogens with two attached hydrogens (primary N) is 1. The second-order valence-electron chi connectivity index (χ2n) is 6.10. The Morgan fingerprint density at radius 1 is 1.21 bits per heavy atom. The van der Waals surface area contributed by atoms with Gasteiger partial charge in [-0.1, -0.05) is 30.3 Å². The van der Waals surface area contributed by atoms with Crippen LogP contribution in [-0.2, 0) is 14.3 Å². The molecule has 1 atom stereocenters. The Balaban J connectivity index is 2.41. The summed E-state index contributed by atoms with van der Waals surface area (Å²) in [6.07, 6.45) is 0. The van der Waals surface area contributed by atoms with E-state index in [4.69, 9.17) is 19.6 Å². The number of hydrogen-bond donors (Lipinski definition) is 1. The first-order chi connectivity index (χ1) is 11.2. The summed E-state index contributed by atoms with van der Waals surface area (Å²) in [7, 11) is 1.24. The Kier molecular flexibility index (Phi) is 5.04. The van der Waals surface area contributed by atoms with Crippen LogP contribution in [0.1, 0.15) is 43.2 Å². The van der Waals surface area contributed by atoms with E-state index in [2.05, 4.69) is 4.98 Å². The van der Waals surface area contributed by atoms with E-state index in [1.54, 1.807) is 45.0 Å². The molecule has 0 radical (unpaired) electrons. The van der Waals surface area contributed by atoms with Crippen molar-refractivity contribution in [3.05, 3.63) is 41.9 Å². The summed E-state index contributed by atoms with van der Waals surface area (Å²) in [5, 5.41) is 0. The van der Waals surface area contributed by atoms with Gasteiger partial charge in [0.15, 0.2) is 17.5 Å². The lowest BCUT2D eigenvalue weighted by Crippen LogP contribution is -2.31. The average Bonchev–Trinajstić information content (AvgIpc) is 2.97. The third-order valence-electron chi connectivity index (χ3n) is 2.99. The van der Waals surface area contributed by atoms with Crippen molar-refractivity contribution in [2.24, 2.45) is 5.73 Å². The van der Waals surface area contributed by atoms with Crippen LogP contribution in [0.2, 0.25) is 0 Å². The number of nitrogens with zero attached hydrogens (tertiary/aromatic N) is 1. The smallest absolute Gasteiger partial charge is 0.360 e. The van der Waals surface area contributed by atoms with Crippen molar-refractivity contribution in [3.63, 3.8) is 0 Å². The summed E-state index contributed by atoms with van der Waals surface area (Å²) in [5.41, 5.74) is 5.74. The Bertz CT molecular complexity index is 731. The molecule has 1 aromatic carbocycles. The molecule has 2 N–H and O–H groups in total. The van der Waals surface area contributed by atoms with Gasteiger partial charge < -0.3 is 19.6 Å². The van der Waals surface area contributed by atoms with Gasteiger partial charge in [-0.05, 0) is 20.8 Å². The molecular formula is C17H20N2O5. The largest absolute Gasteiger partial charge is 0.464 e. The minimum absolute atomic E-state index is 0.0438. The standard InChI is InChI=1S/C17H20N2O5/c1-17(2,3)24-15(20)11(18)14-19-12(16(21)22-4)13(23-14)10-8-6-5-7-9-10/h5-9,11H,18H2,1-4H3. The third kappa shape index (κ3) is 3.99. The van der Waals surface area contributed by atoms with Crippen LogP contribution in [0.15, 0.2) is 34.7 Å². The first kappa shape index (κ1) is 17.7. The van der Waals surface area contributed by atoms with Gasteiger partial charge in [0.05, 0.1) is 7.11 Å². The van der Waals surface area contributed by atoms with Crippen LogP contribution in [0.25, 0.3) is 11.3 Å². The molecule has 7 heteroatoms. The Hall–Kier alpha value is -2.67. The number of hydrogen-bond acceptors (Lipinski definition) is 7. The van der Waals surface area contributed by atoms with Crippen LogP contribution in [0, 0.1) is 0 Å². The summed E-state index contributed by atoms with van der Waals surface area (Å²) in [6, 6.07) is 7.64. The third-order valence-corrected chi connectivity index (χ3v) is 2.99. The highest BCUT2D eigenvalue weighted by molar-refractivity contribution is 5.93. The quantitative estimate of drug-likeness (QED) is 0.857. The van der Waals surface area contributed by atoms with E-state index < -0.39 is 23.6 Å².